The van der Waals surface area contributed by atoms with Crippen LogP contribution < -0.4 is 5.32 Å². The van der Waals surface area contributed by atoms with Crippen molar-refractivity contribution in [2.45, 2.75) is 33.1 Å². The third-order valence-corrected chi connectivity index (χ3v) is 4.29. The Hall–Kier alpha value is -1.10. The maximum Gasteiger partial charge on any atom is 0.309 e. The molecule has 1 atom stereocenters. The summed E-state index contributed by atoms with van der Waals surface area (Å²) in [7, 11) is 0. The Morgan fingerprint density at radius 3 is 2.58 bits per heavy atom. The van der Waals surface area contributed by atoms with Gasteiger partial charge < -0.3 is 15.0 Å². The number of esters is 1. The molecule has 0 saturated carbocycles. The lowest BCUT2D eigenvalue weighted by Crippen LogP contribution is -2.48. The Kier molecular flexibility index (Phi) is 4.45. The van der Waals surface area contributed by atoms with E-state index in [1.807, 2.05) is 18.7 Å². The molecule has 108 valence electrons. The Labute approximate surface area is 114 Å². The van der Waals surface area contributed by atoms with Crippen molar-refractivity contribution >= 4 is 11.9 Å². The van der Waals surface area contributed by atoms with Crippen molar-refractivity contribution in [3.63, 3.8) is 0 Å². The fraction of sp³-hybridized carbons (Fsp3) is 0.857. The van der Waals surface area contributed by atoms with Crippen molar-refractivity contribution in [3.05, 3.63) is 0 Å². The van der Waals surface area contributed by atoms with E-state index in [9.17, 15) is 9.59 Å². The van der Waals surface area contributed by atoms with Gasteiger partial charge in [-0.1, -0.05) is 0 Å². The van der Waals surface area contributed by atoms with Crippen molar-refractivity contribution in [2.24, 2.45) is 11.3 Å². The van der Waals surface area contributed by atoms with E-state index >= 15 is 0 Å². The van der Waals surface area contributed by atoms with E-state index in [0.717, 1.165) is 32.4 Å². The minimum atomic E-state index is -0.253. The van der Waals surface area contributed by atoms with E-state index in [-0.39, 0.29) is 23.2 Å². The van der Waals surface area contributed by atoms with E-state index < -0.39 is 0 Å². The highest BCUT2D eigenvalue weighted by molar-refractivity contribution is 5.83. The minimum Gasteiger partial charge on any atom is -0.466 e. The highest BCUT2D eigenvalue weighted by Gasteiger charge is 2.40. The molecular weight excluding hydrogens is 244 g/mol. The van der Waals surface area contributed by atoms with Crippen LogP contribution in [0.25, 0.3) is 0 Å². The van der Waals surface area contributed by atoms with Crippen LogP contribution in [-0.2, 0) is 14.3 Å². The van der Waals surface area contributed by atoms with Crippen molar-refractivity contribution in [3.8, 4) is 0 Å². The summed E-state index contributed by atoms with van der Waals surface area (Å²) < 4.78 is 5.04. The first kappa shape index (κ1) is 14.3. The molecule has 1 amide bonds. The molecule has 19 heavy (non-hydrogen) atoms. The van der Waals surface area contributed by atoms with Gasteiger partial charge in [-0.2, -0.15) is 0 Å². The largest absolute Gasteiger partial charge is 0.466 e. The van der Waals surface area contributed by atoms with Gasteiger partial charge in [0.25, 0.3) is 0 Å². The summed E-state index contributed by atoms with van der Waals surface area (Å²) in [6, 6.07) is 0. The van der Waals surface area contributed by atoms with Crippen molar-refractivity contribution in [1.29, 1.82) is 0 Å². The highest BCUT2D eigenvalue weighted by atomic mass is 16.5. The summed E-state index contributed by atoms with van der Waals surface area (Å²) in [6.07, 6.45) is 2.37. The van der Waals surface area contributed by atoms with Crippen molar-refractivity contribution < 1.29 is 14.3 Å². The zero-order valence-corrected chi connectivity index (χ0v) is 11.9. The maximum atomic E-state index is 12.5. The molecule has 2 fully saturated rings. The van der Waals surface area contributed by atoms with Gasteiger partial charge in [0.1, 0.15) is 0 Å². The molecule has 1 unspecified atom stereocenters. The van der Waals surface area contributed by atoms with Crippen LogP contribution in [-0.4, -0.2) is 49.6 Å². The molecule has 2 aliphatic heterocycles. The smallest absolute Gasteiger partial charge is 0.309 e. The van der Waals surface area contributed by atoms with E-state index in [1.54, 1.807) is 0 Å². The van der Waals surface area contributed by atoms with Crippen LogP contribution in [0.4, 0.5) is 0 Å². The van der Waals surface area contributed by atoms with Gasteiger partial charge in [0.15, 0.2) is 0 Å². The minimum absolute atomic E-state index is 0.0292. The number of hydrogen-bond acceptors (Lipinski definition) is 4. The van der Waals surface area contributed by atoms with Gasteiger partial charge >= 0.3 is 5.97 Å². The van der Waals surface area contributed by atoms with E-state index in [1.165, 1.54) is 0 Å². The first-order valence-corrected chi connectivity index (χ1v) is 7.23. The molecule has 0 aromatic heterocycles. The fourth-order valence-electron chi connectivity index (χ4n) is 2.96. The van der Waals surface area contributed by atoms with E-state index in [4.69, 9.17) is 4.74 Å². The number of likely N-dealkylation sites (tertiary alicyclic amines) is 1. The summed E-state index contributed by atoms with van der Waals surface area (Å²) in [4.78, 5) is 26.1. The lowest BCUT2D eigenvalue weighted by Gasteiger charge is -2.36. The number of nitrogens with zero attached hydrogens (tertiary/aromatic N) is 1. The van der Waals surface area contributed by atoms with Gasteiger partial charge in [0.05, 0.1) is 17.9 Å². The molecular formula is C14H24N2O3. The molecule has 2 aliphatic rings. The Morgan fingerprint density at radius 2 is 2.05 bits per heavy atom. The first-order chi connectivity index (χ1) is 9.07. The predicted octanol–water partition coefficient (Wildman–Crippen LogP) is 0.788. The van der Waals surface area contributed by atoms with Gasteiger partial charge in [0, 0.05) is 19.6 Å². The quantitative estimate of drug-likeness (QED) is 0.769. The molecule has 2 heterocycles. The molecule has 0 bridgehead atoms. The van der Waals surface area contributed by atoms with Crippen LogP contribution in [0.1, 0.15) is 33.1 Å². The molecule has 5 nitrogen and oxygen atoms in total. The Bertz CT molecular complexity index is 343. The Morgan fingerprint density at radius 1 is 1.37 bits per heavy atom. The average Bonchev–Trinajstić information content (AvgIpc) is 2.86. The number of carbonyl (C=O) groups excluding carboxylic acids is 2. The second-order valence-corrected chi connectivity index (χ2v) is 5.81. The second kappa shape index (κ2) is 5.90. The first-order valence-electron chi connectivity index (χ1n) is 7.23. The number of hydrogen-bond donors (Lipinski definition) is 1. The van der Waals surface area contributed by atoms with Crippen LogP contribution in [0.15, 0.2) is 0 Å². The van der Waals surface area contributed by atoms with Gasteiger partial charge in [-0.15, -0.1) is 0 Å². The third-order valence-electron chi connectivity index (χ3n) is 4.29. The molecule has 5 heteroatoms. The lowest BCUT2D eigenvalue weighted by molar-refractivity contribution is -0.152. The normalized spacial score (nSPS) is 28.4. The second-order valence-electron chi connectivity index (χ2n) is 5.81. The molecule has 1 N–H and O–H groups in total. The van der Waals surface area contributed by atoms with Crippen molar-refractivity contribution in [1.82, 2.24) is 10.2 Å². The molecule has 2 saturated heterocycles. The monoisotopic (exact) mass is 268 g/mol. The van der Waals surface area contributed by atoms with Crippen LogP contribution in [0.2, 0.25) is 0 Å². The number of carbonyl (C=O) groups is 2. The zero-order valence-electron chi connectivity index (χ0n) is 11.9. The van der Waals surface area contributed by atoms with Crippen LogP contribution >= 0.6 is 0 Å². The number of rotatable bonds is 3. The van der Waals surface area contributed by atoms with Gasteiger partial charge in [-0.3, -0.25) is 9.59 Å². The number of ether oxygens (including phenoxy) is 1. The summed E-state index contributed by atoms with van der Waals surface area (Å²) >= 11 is 0. The highest BCUT2D eigenvalue weighted by Crippen LogP contribution is 2.29. The van der Waals surface area contributed by atoms with Crippen LogP contribution in [0, 0.1) is 11.3 Å². The Balaban J connectivity index is 1.86. The summed E-state index contributed by atoms with van der Waals surface area (Å²) in [5.74, 6) is 0.0988. The SMILES string of the molecule is CCOC(=O)C1CCN(C(=O)C2(C)CCNC2)CC1. The lowest BCUT2D eigenvalue weighted by atomic mass is 9.86. The van der Waals surface area contributed by atoms with Gasteiger partial charge in [-0.25, -0.2) is 0 Å². The molecule has 0 aliphatic carbocycles. The molecule has 2 rings (SSSR count). The standard InChI is InChI=1S/C14H24N2O3/c1-3-19-12(17)11-4-8-16(9-5-11)13(18)14(2)6-7-15-10-14/h11,15H,3-10H2,1-2H3. The van der Waals surface area contributed by atoms with Gasteiger partial charge in [-0.05, 0) is 39.7 Å². The fourth-order valence-corrected chi connectivity index (χ4v) is 2.96. The maximum absolute atomic E-state index is 12.5. The molecule has 0 aromatic carbocycles. The molecule has 0 aromatic rings. The molecule has 0 spiro atoms. The zero-order chi connectivity index (χ0) is 13.9. The number of piperidine rings is 1. The average molecular weight is 268 g/mol. The molecule has 0 radical (unpaired) electrons. The topological polar surface area (TPSA) is 58.6 Å². The van der Waals surface area contributed by atoms with Crippen LogP contribution in [0.5, 0.6) is 0 Å². The third kappa shape index (κ3) is 3.08. The van der Waals surface area contributed by atoms with Crippen molar-refractivity contribution in [2.75, 3.05) is 32.8 Å². The van der Waals surface area contributed by atoms with E-state index in [2.05, 4.69) is 5.32 Å². The van der Waals surface area contributed by atoms with Crippen LogP contribution in [0.3, 0.4) is 0 Å². The summed E-state index contributed by atoms with van der Waals surface area (Å²) in [6.45, 7) is 7.33. The predicted molar refractivity (Wildman–Crippen MR) is 71.5 cm³/mol. The summed E-state index contributed by atoms with van der Waals surface area (Å²) in [5, 5.41) is 3.25. The number of amides is 1. The summed E-state index contributed by atoms with van der Waals surface area (Å²) in [5.41, 5.74) is -0.253. The van der Waals surface area contributed by atoms with E-state index in [0.29, 0.717) is 19.7 Å². The van der Waals surface area contributed by atoms with Gasteiger partial charge in [0.2, 0.25) is 5.91 Å². The number of nitrogens with one attached hydrogen (secondary N) is 1.